The second kappa shape index (κ2) is 8.31. The van der Waals surface area contributed by atoms with E-state index in [1.807, 2.05) is 30.3 Å². The molecule has 1 amide bonds. The SMILES string of the molecule is CC1=CN(S(=O)(=O)c2ccccc2[N+](=O)[O-])CCN1C(=O)OCc1ccccc1. The fourth-order valence-electron chi connectivity index (χ4n) is 2.89. The average molecular weight is 417 g/mol. The third-order valence-electron chi connectivity index (χ3n) is 4.37. The monoisotopic (exact) mass is 417 g/mol. The van der Waals surface area contributed by atoms with Crippen LogP contribution in [0.1, 0.15) is 12.5 Å². The standard InChI is InChI=1S/C19H19N3O6S/c1-15-13-20(29(26,27)18-10-6-5-9-17(18)22(24)25)11-12-21(15)19(23)28-14-16-7-3-2-4-8-16/h2-10,13H,11-12,14H2,1H3. The summed E-state index contributed by atoms with van der Waals surface area (Å²) in [5.74, 6) is 0. The van der Waals surface area contributed by atoms with Crippen LogP contribution in [-0.4, -0.2) is 41.7 Å². The van der Waals surface area contributed by atoms with Crippen molar-refractivity contribution in [3.63, 3.8) is 0 Å². The Balaban J connectivity index is 1.76. The van der Waals surface area contributed by atoms with Crippen molar-refractivity contribution in [3.8, 4) is 0 Å². The topological polar surface area (TPSA) is 110 Å². The molecule has 0 saturated heterocycles. The van der Waals surface area contributed by atoms with E-state index in [1.54, 1.807) is 6.92 Å². The summed E-state index contributed by atoms with van der Waals surface area (Å²) in [5.41, 5.74) is 0.694. The molecule has 0 aromatic heterocycles. The predicted molar refractivity (Wildman–Crippen MR) is 104 cm³/mol. The number of hydrogen-bond donors (Lipinski definition) is 0. The lowest BCUT2D eigenvalue weighted by molar-refractivity contribution is -0.387. The minimum Gasteiger partial charge on any atom is -0.444 e. The number of nitro benzene ring substituents is 1. The summed E-state index contributed by atoms with van der Waals surface area (Å²) in [6.07, 6.45) is 0.685. The van der Waals surface area contributed by atoms with Gasteiger partial charge >= 0.3 is 6.09 Å². The maximum Gasteiger partial charge on any atom is 0.414 e. The molecule has 0 radical (unpaired) electrons. The molecule has 29 heavy (non-hydrogen) atoms. The number of nitro groups is 1. The highest BCUT2D eigenvalue weighted by atomic mass is 32.2. The van der Waals surface area contributed by atoms with Crippen LogP contribution in [0.4, 0.5) is 10.5 Å². The Morgan fingerprint density at radius 2 is 1.76 bits per heavy atom. The highest BCUT2D eigenvalue weighted by molar-refractivity contribution is 7.89. The first-order valence-electron chi connectivity index (χ1n) is 8.72. The lowest BCUT2D eigenvalue weighted by atomic mass is 10.2. The van der Waals surface area contributed by atoms with Gasteiger partial charge in [0.05, 0.1) is 11.5 Å². The second-order valence-electron chi connectivity index (χ2n) is 6.30. The fraction of sp³-hybridized carbons (Fsp3) is 0.211. The van der Waals surface area contributed by atoms with Crippen molar-refractivity contribution in [2.75, 3.05) is 13.1 Å². The number of ether oxygens (including phenoxy) is 1. The minimum absolute atomic E-state index is 0.0494. The number of nitrogens with zero attached hydrogens (tertiary/aromatic N) is 3. The highest BCUT2D eigenvalue weighted by Gasteiger charge is 2.33. The van der Waals surface area contributed by atoms with Gasteiger partial charge in [-0.15, -0.1) is 0 Å². The first-order valence-corrected chi connectivity index (χ1v) is 10.2. The largest absolute Gasteiger partial charge is 0.444 e. The molecule has 2 aromatic rings. The third kappa shape index (κ3) is 4.37. The van der Waals surface area contributed by atoms with Gasteiger partial charge in [0.25, 0.3) is 15.7 Å². The zero-order valence-corrected chi connectivity index (χ0v) is 16.4. The summed E-state index contributed by atoms with van der Waals surface area (Å²) in [4.78, 5) is 23.7. The first-order chi connectivity index (χ1) is 13.8. The zero-order chi connectivity index (χ0) is 21.0. The van der Waals surface area contributed by atoms with E-state index in [0.29, 0.717) is 5.70 Å². The molecule has 2 aromatic carbocycles. The van der Waals surface area contributed by atoms with Crippen molar-refractivity contribution >= 4 is 21.8 Å². The van der Waals surface area contributed by atoms with Gasteiger partial charge in [-0.3, -0.25) is 19.3 Å². The minimum atomic E-state index is -4.14. The Bertz CT molecular complexity index is 1050. The highest BCUT2D eigenvalue weighted by Crippen LogP contribution is 2.28. The number of carbonyl (C=O) groups excluding carboxylic acids is 1. The molecule has 0 aliphatic carbocycles. The second-order valence-corrected chi connectivity index (χ2v) is 8.16. The van der Waals surface area contributed by atoms with Crippen LogP contribution in [0, 0.1) is 10.1 Å². The van der Waals surface area contributed by atoms with Gasteiger partial charge in [-0.25, -0.2) is 13.2 Å². The Morgan fingerprint density at radius 3 is 2.41 bits per heavy atom. The van der Waals surface area contributed by atoms with E-state index in [4.69, 9.17) is 4.74 Å². The number of para-hydroxylation sites is 1. The van der Waals surface area contributed by atoms with Crippen LogP contribution in [0.5, 0.6) is 0 Å². The lowest BCUT2D eigenvalue weighted by Crippen LogP contribution is -2.43. The van der Waals surface area contributed by atoms with E-state index in [0.717, 1.165) is 15.9 Å². The molecule has 152 valence electrons. The number of sulfonamides is 1. The molecule has 0 spiro atoms. The van der Waals surface area contributed by atoms with Crippen LogP contribution >= 0.6 is 0 Å². The molecule has 9 nitrogen and oxygen atoms in total. The molecule has 10 heteroatoms. The molecule has 0 atom stereocenters. The van der Waals surface area contributed by atoms with Gasteiger partial charge < -0.3 is 4.74 Å². The third-order valence-corrected chi connectivity index (χ3v) is 6.18. The summed E-state index contributed by atoms with van der Waals surface area (Å²) in [6, 6.07) is 14.3. The fourth-order valence-corrected chi connectivity index (χ4v) is 4.42. The Morgan fingerprint density at radius 1 is 1.10 bits per heavy atom. The van der Waals surface area contributed by atoms with E-state index in [9.17, 15) is 23.3 Å². The van der Waals surface area contributed by atoms with Gasteiger partial charge in [-0.2, -0.15) is 0 Å². The number of hydrogen-bond acceptors (Lipinski definition) is 6. The molecular weight excluding hydrogens is 398 g/mol. The molecule has 1 aliphatic rings. The van der Waals surface area contributed by atoms with Crippen molar-refractivity contribution in [1.29, 1.82) is 0 Å². The summed E-state index contributed by atoms with van der Waals surface area (Å²) >= 11 is 0. The summed E-state index contributed by atoms with van der Waals surface area (Å²) in [7, 11) is -4.14. The maximum absolute atomic E-state index is 12.9. The molecule has 0 saturated carbocycles. The summed E-state index contributed by atoms with van der Waals surface area (Å²) < 4.78 is 32.1. The molecule has 1 heterocycles. The molecular formula is C19H19N3O6S. The number of allylic oxidation sites excluding steroid dienone is 1. The van der Waals surface area contributed by atoms with Crippen molar-refractivity contribution in [3.05, 3.63) is 82.2 Å². The van der Waals surface area contributed by atoms with E-state index >= 15 is 0 Å². The summed E-state index contributed by atoms with van der Waals surface area (Å²) in [5, 5.41) is 11.2. The maximum atomic E-state index is 12.9. The van der Waals surface area contributed by atoms with Gasteiger partial charge in [0.2, 0.25) is 0 Å². The molecule has 0 bridgehead atoms. The number of rotatable bonds is 5. The molecule has 1 aliphatic heterocycles. The Labute approximate surface area is 168 Å². The molecule has 3 rings (SSSR count). The van der Waals surface area contributed by atoms with Crippen LogP contribution in [0.15, 0.2) is 71.4 Å². The average Bonchev–Trinajstić information content (AvgIpc) is 2.72. The van der Waals surface area contributed by atoms with Crippen molar-refractivity contribution in [2.24, 2.45) is 0 Å². The van der Waals surface area contributed by atoms with E-state index in [-0.39, 0.29) is 19.7 Å². The van der Waals surface area contributed by atoms with Gasteiger partial charge in [0, 0.05) is 24.5 Å². The Kier molecular flexibility index (Phi) is 5.83. The zero-order valence-electron chi connectivity index (χ0n) is 15.6. The van der Waals surface area contributed by atoms with Crippen LogP contribution in [0.3, 0.4) is 0 Å². The smallest absolute Gasteiger partial charge is 0.414 e. The van der Waals surface area contributed by atoms with Gasteiger partial charge in [0.15, 0.2) is 4.90 Å². The first kappa shape index (κ1) is 20.3. The van der Waals surface area contributed by atoms with Crippen LogP contribution in [0.2, 0.25) is 0 Å². The van der Waals surface area contributed by atoms with E-state index < -0.39 is 31.6 Å². The quantitative estimate of drug-likeness (QED) is 0.546. The van der Waals surface area contributed by atoms with Crippen LogP contribution < -0.4 is 0 Å². The van der Waals surface area contributed by atoms with E-state index in [1.165, 1.54) is 29.3 Å². The van der Waals surface area contributed by atoms with Crippen molar-refractivity contribution in [2.45, 2.75) is 18.4 Å². The van der Waals surface area contributed by atoms with Crippen molar-refractivity contribution in [1.82, 2.24) is 9.21 Å². The lowest BCUT2D eigenvalue weighted by Gasteiger charge is -2.32. The van der Waals surface area contributed by atoms with Crippen LogP contribution in [-0.2, 0) is 21.4 Å². The molecule has 0 unspecified atom stereocenters. The summed E-state index contributed by atoms with van der Waals surface area (Å²) in [6.45, 7) is 1.69. The number of benzene rings is 2. The predicted octanol–water partition coefficient (Wildman–Crippen LogP) is 3.10. The Hall–Kier alpha value is -3.40. The van der Waals surface area contributed by atoms with Gasteiger partial charge in [-0.05, 0) is 18.6 Å². The molecule has 0 N–H and O–H groups in total. The number of carbonyl (C=O) groups is 1. The normalized spacial score (nSPS) is 14.3. The van der Waals surface area contributed by atoms with E-state index in [2.05, 4.69) is 0 Å². The van der Waals surface area contributed by atoms with Crippen molar-refractivity contribution < 1.29 is 22.9 Å². The van der Waals surface area contributed by atoms with Gasteiger partial charge in [-0.1, -0.05) is 42.5 Å². The van der Waals surface area contributed by atoms with Crippen LogP contribution in [0.25, 0.3) is 0 Å². The molecule has 0 fully saturated rings. The number of amides is 1. The van der Waals surface area contributed by atoms with Gasteiger partial charge in [0.1, 0.15) is 6.61 Å².